The highest BCUT2D eigenvalue weighted by Crippen LogP contribution is 2.49. The summed E-state index contributed by atoms with van der Waals surface area (Å²) in [5.41, 5.74) is 3.48. The summed E-state index contributed by atoms with van der Waals surface area (Å²) in [5.74, 6) is 0. The highest BCUT2D eigenvalue weighted by Gasteiger charge is 2.51. The molecule has 0 saturated heterocycles. The summed E-state index contributed by atoms with van der Waals surface area (Å²) in [6.45, 7) is 3.50. The van der Waals surface area contributed by atoms with E-state index in [1.807, 2.05) is 37.3 Å². The first kappa shape index (κ1) is 22.6. The van der Waals surface area contributed by atoms with Gasteiger partial charge in [0, 0.05) is 11.0 Å². The van der Waals surface area contributed by atoms with Crippen molar-refractivity contribution in [1.29, 1.82) is 0 Å². The fraction of sp³-hybridized carbons (Fsp3) is 0.455. The van der Waals surface area contributed by atoms with Crippen molar-refractivity contribution in [1.82, 2.24) is 0 Å². The van der Waals surface area contributed by atoms with Gasteiger partial charge in [0.05, 0.1) is 23.8 Å². The summed E-state index contributed by atoms with van der Waals surface area (Å²) in [6, 6.07) is 11.0. The van der Waals surface area contributed by atoms with E-state index in [1.165, 1.54) is 6.92 Å². The molecule has 1 fully saturated rings. The molecule has 0 heterocycles. The van der Waals surface area contributed by atoms with Crippen molar-refractivity contribution in [3.63, 3.8) is 0 Å². The minimum absolute atomic E-state index is 0.119. The van der Waals surface area contributed by atoms with Gasteiger partial charge in [-0.1, -0.05) is 30.3 Å². The average Bonchev–Trinajstić information content (AvgIpc) is 2.63. The van der Waals surface area contributed by atoms with Crippen LogP contribution in [-0.4, -0.2) is 12.1 Å². The second kappa shape index (κ2) is 7.57. The van der Waals surface area contributed by atoms with Crippen LogP contribution in [0.3, 0.4) is 0 Å². The molecular weight excluding hydrogens is 408 g/mol. The van der Waals surface area contributed by atoms with E-state index < -0.39 is 40.5 Å². The summed E-state index contributed by atoms with van der Waals surface area (Å²) in [4.78, 5) is 0. The van der Waals surface area contributed by atoms with Crippen LogP contribution in [0, 0.1) is 0 Å². The topological polar surface area (TPSA) is 35.2 Å². The molecule has 1 saturated carbocycles. The van der Waals surface area contributed by atoms with Gasteiger partial charge in [-0.25, -0.2) is 0 Å². The fourth-order valence-electron chi connectivity index (χ4n) is 4.27. The smallest absolute Gasteiger partial charge is 0.373 e. The zero-order valence-corrected chi connectivity index (χ0v) is 16.6. The minimum Gasteiger partial charge on any atom is -0.373 e. The van der Waals surface area contributed by atoms with Gasteiger partial charge < -0.3 is 10.5 Å². The molecule has 0 bridgehead atoms. The molecule has 0 radical (unpaired) electrons. The maximum Gasteiger partial charge on any atom is 0.416 e. The molecule has 1 atom stereocenters. The molecule has 30 heavy (non-hydrogen) atoms. The molecule has 3 rings (SSSR count). The Kier molecular flexibility index (Phi) is 5.71. The first-order chi connectivity index (χ1) is 13.7. The number of alkyl halides is 6. The van der Waals surface area contributed by atoms with Crippen LogP contribution in [0.5, 0.6) is 0 Å². The Morgan fingerprint density at radius 2 is 1.43 bits per heavy atom. The number of hydrogen-bond acceptors (Lipinski definition) is 2. The average molecular weight is 431 g/mol. The number of benzene rings is 2. The SMILES string of the molecule is C[C@@H](OCC1(c2ccccc2)CC(C)(N)C1)c1cc(C(F)(F)F)cc(C(F)(F)F)c1. The van der Waals surface area contributed by atoms with Crippen molar-refractivity contribution in [3.05, 3.63) is 70.8 Å². The van der Waals surface area contributed by atoms with Crippen LogP contribution in [-0.2, 0) is 22.5 Å². The standard InChI is InChI=1S/C22H23F6NO/c1-14(15-8-17(21(23,24)25)10-18(9-15)22(26,27)28)30-13-20(11-19(2,29)12-20)16-6-4-3-5-7-16/h3-10,14H,11-13,29H2,1-2H3/t14-,19?,20?/m1/s1. The van der Waals surface area contributed by atoms with Crippen molar-refractivity contribution in [3.8, 4) is 0 Å². The van der Waals surface area contributed by atoms with Crippen molar-refractivity contribution in [2.75, 3.05) is 6.61 Å². The normalized spacial score (nSPS) is 25.6. The Morgan fingerprint density at radius 1 is 0.933 bits per heavy atom. The van der Waals surface area contributed by atoms with E-state index in [2.05, 4.69) is 0 Å². The predicted molar refractivity (Wildman–Crippen MR) is 101 cm³/mol. The third-order valence-electron chi connectivity index (χ3n) is 5.56. The molecular formula is C22H23F6NO. The second-order valence-electron chi connectivity index (χ2n) is 8.45. The zero-order chi connectivity index (χ0) is 22.4. The van der Waals surface area contributed by atoms with Gasteiger partial charge in [0.25, 0.3) is 0 Å². The molecule has 0 amide bonds. The van der Waals surface area contributed by atoms with Gasteiger partial charge in [0.15, 0.2) is 0 Å². The third kappa shape index (κ3) is 4.81. The molecule has 0 unspecified atom stereocenters. The summed E-state index contributed by atoms with van der Waals surface area (Å²) in [5, 5.41) is 0. The lowest BCUT2D eigenvalue weighted by atomic mass is 9.56. The maximum absolute atomic E-state index is 13.1. The van der Waals surface area contributed by atoms with Gasteiger partial charge in [0.2, 0.25) is 0 Å². The molecule has 1 aliphatic carbocycles. The van der Waals surface area contributed by atoms with Crippen molar-refractivity contribution >= 4 is 0 Å². The summed E-state index contributed by atoms with van der Waals surface area (Å²) in [6.07, 6.45) is -9.54. The number of rotatable bonds is 5. The molecule has 2 aromatic carbocycles. The van der Waals surface area contributed by atoms with Crippen LogP contribution >= 0.6 is 0 Å². The van der Waals surface area contributed by atoms with E-state index >= 15 is 0 Å². The number of ether oxygens (including phenoxy) is 1. The van der Waals surface area contributed by atoms with Crippen LogP contribution in [0.2, 0.25) is 0 Å². The van der Waals surface area contributed by atoms with Crippen LogP contribution in [0.25, 0.3) is 0 Å². The van der Waals surface area contributed by atoms with Crippen molar-refractivity contribution in [2.24, 2.45) is 5.73 Å². The lowest BCUT2D eigenvalue weighted by Gasteiger charge is -2.53. The fourth-order valence-corrected chi connectivity index (χ4v) is 4.27. The second-order valence-corrected chi connectivity index (χ2v) is 8.45. The molecule has 0 spiro atoms. The van der Waals surface area contributed by atoms with Crippen LogP contribution in [0.15, 0.2) is 48.5 Å². The third-order valence-corrected chi connectivity index (χ3v) is 5.56. The van der Waals surface area contributed by atoms with Gasteiger partial charge in [-0.15, -0.1) is 0 Å². The lowest BCUT2D eigenvalue weighted by Crippen LogP contribution is -2.60. The van der Waals surface area contributed by atoms with E-state index in [0.29, 0.717) is 25.0 Å². The van der Waals surface area contributed by atoms with E-state index in [9.17, 15) is 26.3 Å². The Hall–Kier alpha value is -2.06. The Balaban J connectivity index is 1.85. The highest BCUT2D eigenvalue weighted by molar-refractivity contribution is 5.35. The number of hydrogen-bond donors (Lipinski definition) is 1. The van der Waals surface area contributed by atoms with Gasteiger partial charge in [-0.3, -0.25) is 0 Å². The lowest BCUT2D eigenvalue weighted by molar-refractivity contribution is -0.143. The Bertz CT molecular complexity index is 848. The molecule has 164 valence electrons. The van der Waals surface area contributed by atoms with Crippen molar-refractivity contribution in [2.45, 2.75) is 56.1 Å². The van der Waals surface area contributed by atoms with Crippen LogP contribution in [0.1, 0.15) is 55.0 Å². The first-order valence-electron chi connectivity index (χ1n) is 9.47. The summed E-state index contributed by atoms with van der Waals surface area (Å²) in [7, 11) is 0. The molecule has 2 N–H and O–H groups in total. The van der Waals surface area contributed by atoms with E-state index in [0.717, 1.165) is 5.56 Å². The van der Waals surface area contributed by atoms with E-state index in [4.69, 9.17) is 10.5 Å². The Morgan fingerprint density at radius 3 is 1.87 bits per heavy atom. The number of halogens is 6. The summed E-state index contributed by atoms with van der Waals surface area (Å²) < 4.78 is 84.6. The van der Waals surface area contributed by atoms with Crippen LogP contribution in [0.4, 0.5) is 26.3 Å². The Labute approximate surface area is 171 Å². The van der Waals surface area contributed by atoms with Gasteiger partial charge >= 0.3 is 12.4 Å². The van der Waals surface area contributed by atoms with Crippen molar-refractivity contribution < 1.29 is 31.1 Å². The van der Waals surface area contributed by atoms with Gasteiger partial charge in [-0.05, 0) is 56.0 Å². The largest absolute Gasteiger partial charge is 0.416 e. The maximum atomic E-state index is 13.1. The first-order valence-corrected chi connectivity index (χ1v) is 9.47. The minimum atomic E-state index is -4.89. The molecule has 2 aromatic rings. The van der Waals surface area contributed by atoms with Crippen LogP contribution < -0.4 is 5.73 Å². The van der Waals surface area contributed by atoms with Gasteiger partial charge in [0.1, 0.15) is 0 Å². The highest BCUT2D eigenvalue weighted by atomic mass is 19.4. The zero-order valence-electron chi connectivity index (χ0n) is 16.6. The molecule has 0 aliphatic heterocycles. The molecule has 8 heteroatoms. The number of nitrogens with two attached hydrogens (primary N) is 1. The van der Waals surface area contributed by atoms with E-state index in [1.54, 1.807) is 0 Å². The summed E-state index contributed by atoms with van der Waals surface area (Å²) >= 11 is 0. The molecule has 0 aromatic heterocycles. The van der Waals surface area contributed by atoms with Gasteiger partial charge in [-0.2, -0.15) is 26.3 Å². The predicted octanol–water partition coefficient (Wildman–Crippen LogP) is 6.25. The molecule has 1 aliphatic rings. The molecule has 2 nitrogen and oxygen atoms in total. The quantitative estimate of drug-likeness (QED) is 0.568. The monoisotopic (exact) mass is 431 g/mol. The van der Waals surface area contributed by atoms with E-state index in [-0.39, 0.29) is 18.2 Å².